The molecule has 0 N–H and O–H groups in total. The molecule has 2 heterocycles. The standard InChI is InChI=1S/C23H20ClN3O4/c1-29-17-10-8-16(9-11-17)22-25-21(31-26-22)12-13-27(15-18-5-4-14-30-18)23(28)19-6-2-3-7-20(19)24/h2-11,14H,12-13,15H2,1H3. The summed E-state index contributed by atoms with van der Waals surface area (Å²) < 4.78 is 16.0. The van der Waals surface area contributed by atoms with E-state index in [0.29, 0.717) is 47.6 Å². The zero-order chi connectivity index (χ0) is 21.6. The van der Waals surface area contributed by atoms with Gasteiger partial charge in [-0.05, 0) is 48.5 Å². The molecule has 0 unspecified atom stereocenters. The Morgan fingerprint density at radius 2 is 1.90 bits per heavy atom. The van der Waals surface area contributed by atoms with Crippen LogP contribution in [0.5, 0.6) is 5.75 Å². The summed E-state index contributed by atoms with van der Waals surface area (Å²) in [6, 6.07) is 18.0. The fourth-order valence-corrected chi connectivity index (χ4v) is 3.31. The number of ether oxygens (including phenoxy) is 1. The molecule has 0 saturated heterocycles. The van der Waals surface area contributed by atoms with Crippen LogP contribution in [0.1, 0.15) is 22.0 Å². The highest BCUT2D eigenvalue weighted by molar-refractivity contribution is 6.33. The molecular weight excluding hydrogens is 418 g/mol. The lowest BCUT2D eigenvalue weighted by molar-refractivity contribution is 0.0730. The summed E-state index contributed by atoms with van der Waals surface area (Å²) in [7, 11) is 1.61. The quantitative estimate of drug-likeness (QED) is 0.391. The summed E-state index contributed by atoms with van der Waals surface area (Å²) in [5, 5.41) is 4.44. The molecule has 158 valence electrons. The number of hydrogen-bond donors (Lipinski definition) is 0. The highest BCUT2D eigenvalue weighted by Gasteiger charge is 2.21. The van der Waals surface area contributed by atoms with Crippen molar-refractivity contribution < 1.29 is 18.5 Å². The van der Waals surface area contributed by atoms with Crippen molar-refractivity contribution in [3.63, 3.8) is 0 Å². The highest BCUT2D eigenvalue weighted by Crippen LogP contribution is 2.21. The van der Waals surface area contributed by atoms with E-state index in [1.54, 1.807) is 48.6 Å². The van der Waals surface area contributed by atoms with Crippen molar-refractivity contribution in [2.24, 2.45) is 0 Å². The van der Waals surface area contributed by atoms with E-state index in [0.717, 1.165) is 11.3 Å². The molecule has 1 amide bonds. The predicted octanol–water partition coefficient (Wildman–Crippen LogP) is 4.88. The zero-order valence-corrected chi connectivity index (χ0v) is 17.6. The third kappa shape index (κ3) is 4.95. The van der Waals surface area contributed by atoms with Gasteiger partial charge in [0.2, 0.25) is 11.7 Å². The van der Waals surface area contributed by atoms with Gasteiger partial charge in [0.25, 0.3) is 5.91 Å². The van der Waals surface area contributed by atoms with Gasteiger partial charge in [0, 0.05) is 18.5 Å². The number of methoxy groups -OCH3 is 1. The first-order valence-corrected chi connectivity index (χ1v) is 10.0. The number of carbonyl (C=O) groups is 1. The number of amides is 1. The van der Waals surface area contributed by atoms with Gasteiger partial charge in [0.15, 0.2) is 0 Å². The predicted molar refractivity (Wildman–Crippen MR) is 115 cm³/mol. The van der Waals surface area contributed by atoms with Crippen LogP contribution >= 0.6 is 11.6 Å². The monoisotopic (exact) mass is 437 g/mol. The first-order chi connectivity index (χ1) is 15.1. The first-order valence-electron chi connectivity index (χ1n) is 9.67. The van der Waals surface area contributed by atoms with Gasteiger partial charge in [-0.15, -0.1) is 0 Å². The van der Waals surface area contributed by atoms with Crippen molar-refractivity contribution in [2.75, 3.05) is 13.7 Å². The molecule has 8 heteroatoms. The third-order valence-electron chi connectivity index (χ3n) is 4.73. The fourth-order valence-electron chi connectivity index (χ4n) is 3.09. The molecule has 31 heavy (non-hydrogen) atoms. The Balaban J connectivity index is 1.49. The van der Waals surface area contributed by atoms with Gasteiger partial charge < -0.3 is 18.6 Å². The van der Waals surface area contributed by atoms with Crippen LogP contribution in [0.2, 0.25) is 5.02 Å². The topological polar surface area (TPSA) is 81.6 Å². The average Bonchev–Trinajstić information content (AvgIpc) is 3.49. The molecule has 4 rings (SSSR count). The van der Waals surface area contributed by atoms with Crippen molar-refractivity contribution in [1.82, 2.24) is 15.0 Å². The van der Waals surface area contributed by atoms with Gasteiger partial charge >= 0.3 is 0 Å². The second-order valence-corrected chi connectivity index (χ2v) is 7.18. The summed E-state index contributed by atoms with van der Waals surface area (Å²) >= 11 is 6.23. The minimum absolute atomic E-state index is 0.197. The van der Waals surface area contributed by atoms with E-state index in [9.17, 15) is 4.79 Å². The zero-order valence-electron chi connectivity index (χ0n) is 16.8. The maximum absolute atomic E-state index is 13.1. The summed E-state index contributed by atoms with van der Waals surface area (Å²) in [5.41, 5.74) is 1.25. The Morgan fingerprint density at radius 1 is 1.10 bits per heavy atom. The number of carbonyl (C=O) groups excluding carboxylic acids is 1. The smallest absolute Gasteiger partial charge is 0.255 e. The maximum Gasteiger partial charge on any atom is 0.255 e. The molecule has 0 saturated carbocycles. The van der Waals surface area contributed by atoms with E-state index in [4.69, 9.17) is 25.3 Å². The second-order valence-electron chi connectivity index (χ2n) is 6.78. The van der Waals surface area contributed by atoms with Crippen LogP contribution in [-0.2, 0) is 13.0 Å². The molecule has 4 aromatic rings. The number of hydrogen-bond acceptors (Lipinski definition) is 6. The van der Waals surface area contributed by atoms with Crippen LogP contribution in [0, 0.1) is 0 Å². The van der Waals surface area contributed by atoms with Crippen molar-refractivity contribution in [3.8, 4) is 17.1 Å². The molecular formula is C23H20ClN3O4. The molecule has 2 aromatic carbocycles. The molecule has 0 aliphatic heterocycles. The van der Waals surface area contributed by atoms with E-state index in [1.807, 2.05) is 30.3 Å². The van der Waals surface area contributed by atoms with Crippen LogP contribution in [0.4, 0.5) is 0 Å². The van der Waals surface area contributed by atoms with E-state index >= 15 is 0 Å². The van der Waals surface area contributed by atoms with Crippen LogP contribution < -0.4 is 4.74 Å². The SMILES string of the molecule is COc1ccc(-c2noc(CCN(Cc3ccco3)C(=O)c3ccccc3Cl)n2)cc1. The molecule has 0 aliphatic carbocycles. The summed E-state index contributed by atoms with van der Waals surface area (Å²) in [5.74, 6) is 2.13. The molecule has 0 fully saturated rings. The van der Waals surface area contributed by atoms with Crippen molar-refractivity contribution in [2.45, 2.75) is 13.0 Å². The number of aromatic nitrogens is 2. The summed E-state index contributed by atoms with van der Waals surface area (Å²) in [6.45, 7) is 0.658. The van der Waals surface area contributed by atoms with Gasteiger partial charge in [0.05, 0.1) is 30.5 Å². The van der Waals surface area contributed by atoms with E-state index in [1.165, 1.54) is 0 Å². The number of benzene rings is 2. The fraction of sp³-hybridized carbons (Fsp3) is 0.174. The van der Waals surface area contributed by atoms with Crippen LogP contribution in [0.25, 0.3) is 11.4 Å². The van der Waals surface area contributed by atoms with Gasteiger partial charge in [0.1, 0.15) is 11.5 Å². The number of furan rings is 1. The van der Waals surface area contributed by atoms with Gasteiger partial charge in [-0.25, -0.2) is 0 Å². The molecule has 0 bridgehead atoms. The van der Waals surface area contributed by atoms with Gasteiger partial charge in [-0.2, -0.15) is 4.98 Å². The normalized spacial score (nSPS) is 10.8. The lowest BCUT2D eigenvalue weighted by atomic mass is 10.2. The summed E-state index contributed by atoms with van der Waals surface area (Å²) in [6.07, 6.45) is 1.96. The van der Waals surface area contributed by atoms with Crippen molar-refractivity contribution >= 4 is 17.5 Å². The lowest BCUT2D eigenvalue weighted by Gasteiger charge is -2.21. The Morgan fingerprint density at radius 3 is 2.61 bits per heavy atom. The minimum Gasteiger partial charge on any atom is -0.497 e. The largest absolute Gasteiger partial charge is 0.497 e. The molecule has 7 nitrogen and oxygen atoms in total. The summed E-state index contributed by atoms with van der Waals surface area (Å²) in [4.78, 5) is 19.2. The Kier molecular flexibility index (Phi) is 6.33. The number of nitrogens with zero attached hydrogens (tertiary/aromatic N) is 3. The molecule has 2 aromatic heterocycles. The molecule has 0 atom stereocenters. The van der Waals surface area contributed by atoms with Gasteiger partial charge in [-0.3, -0.25) is 4.79 Å². The first kappa shape index (κ1) is 20.7. The minimum atomic E-state index is -0.197. The Hall–Kier alpha value is -3.58. The Labute approximate surface area is 184 Å². The van der Waals surface area contributed by atoms with Gasteiger partial charge in [-0.1, -0.05) is 28.9 Å². The number of rotatable bonds is 8. The Bertz CT molecular complexity index is 1140. The van der Waals surface area contributed by atoms with E-state index < -0.39 is 0 Å². The van der Waals surface area contributed by atoms with E-state index in [-0.39, 0.29) is 5.91 Å². The molecule has 0 radical (unpaired) electrons. The number of halogens is 1. The van der Waals surface area contributed by atoms with Crippen molar-refractivity contribution in [3.05, 3.63) is 89.2 Å². The second kappa shape index (κ2) is 9.49. The molecule has 0 spiro atoms. The molecule has 0 aliphatic rings. The van der Waals surface area contributed by atoms with Crippen LogP contribution in [0.15, 0.2) is 75.9 Å². The van der Waals surface area contributed by atoms with Crippen LogP contribution in [-0.4, -0.2) is 34.6 Å². The van der Waals surface area contributed by atoms with Crippen molar-refractivity contribution in [1.29, 1.82) is 0 Å². The van der Waals surface area contributed by atoms with E-state index in [2.05, 4.69) is 10.1 Å². The highest BCUT2D eigenvalue weighted by atomic mass is 35.5. The van der Waals surface area contributed by atoms with Crippen LogP contribution in [0.3, 0.4) is 0 Å². The maximum atomic E-state index is 13.1. The third-order valence-corrected chi connectivity index (χ3v) is 5.06. The average molecular weight is 438 g/mol. The lowest BCUT2D eigenvalue weighted by Crippen LogP contribution is -2.32.